The van der Waals surface area contributed by atoms with Gasteiger partial charge in [-0.05, 0) is 12.5 Å². The first kappa shape index (κ1) is 16.0. The Balaban J connectivity index is 1.89. The van der Waals surface area contributed by atoms with E-state index < -0.39 is 24.7 Å². The molecule has 1 atom stereocenters. The van der Waals surface area contributed by atoms with E-state index in [1.807, 2.05) is 0 Å². The lowest BCUT2D eigenvalue weighted by molar-refractivity contribution is -0.233. The SMILES string of the molecule is Cc1cnc2c(Cl)c(C(=O)N3CCO[C@H](C(F)(F)F)C3)nn2c1. The van der Waals surface area contributed by atoms with Gasteiger partial charge in [0.05, 0.1) is 13.2 Å². The van der Waals surface area contributed by atoms with Crippen molar-refractivity contribution in [3.05, 3.63) is 28.7 Å². The van der Waals surface area contributed by atoms with E-state index in [2.05, 4.69) is 14.8 Å². The molecule has 0 unspecified atom stereocenters. The number of hydrogen-bond acceptors (Lipinski definition) is 4. The van der Waals surface area contributed by atoms with E-state index in [1.165, 1.54) is 4.52 Å². The van der Waals surface area contributed by atoms with Gasteiger partial charge < -0.3 is 9.64 Å². The summed E-state index contributed by atoms with van der Waals surface area (Å²) < 4.78 is 44.3. The molecule has 1 saturated heterocycles. The van der Waals surface area contributed by atoms with E-state index in [0.29, 0.717) is 0 Å². The molecule has 6 nitrogen and oxygen atoms in total. The molecule has 1 fully saturated rings. The molecular formula is C13H12ClF3N4O2. The van der Waals surface area contributed by atoms with Crippen LogP contribution < -0.4 is 0 Å². The number of alkyl halides is 3. The third kappa shape index (κ3) is 2.98. The van der Waals surface area contributed by atoms with Crippen LogP contribution in [0.25, 0.3) is 5.65 Å². The smallest absolute Gasteiger partial charge is 0.365 e. The van der Waals surface area contributed by atoms with Crippen LogP contribution in [0.5, 0.6) is 0 Å². The second kappa shape index (κ2) is 5.64. The molecule has 0 saturated carbocycles. The van der Waals surface area contributed by atoms with Gasteiger partial charge in [-0.25, -0.2) is 9.50 Å². The predicted molar refractivity (Wildman–Crippen MR) is 74.4 cm³/mol. The number of fused-ring (bicyclic) bond motifs is 1. The van der Waals surface area contributed by atoms with Crippen LogP contribution in [-0.4, -0.2) is 57.4 Å². The van der Waals surface area contributed by atoms with E-state index in [9.17, 15) is 18.0 Å². The van der Waals surface area contributed by atoms with E-state index >= 15 is 0 Å². The van der Waals surface area contributed by atoms with E-state index in [0.717, 1.165) is 10.5 Å². The molecule has 2 aromatic heterocycles. The molecule has 0 bridgehead atoms. The highest BCUT2D eigenvalue weighted by Crippen LogP contribution is 2.27. The van der Waals surface area contributed by atoms with Crippen LogP contribution in [0.3, 0.4) is 0 Å². The van der Waals surface area contributed by atoms with Crippen LogP contribution in [0.1, 0.15) is 16.1 Å². The Hall–Kier alpha value is -1.87. The molecule has 124 valence electrons. The zero-order valence-corrected chi connectivity index (χ0v) is 12.7. The standard InChI is InChI=1S/C13H12ClF3N4O2/c1-7-4-18-11-9(14)10(19-21(11)5-7)12(22)20-2-3-23-8(6-20)13(15,16)17/h4-5,8H,2-3,6H2,1H3/t8-/m0/s1. The zero-order valence-electron chi connectivity index (χ0n) is 12.0. The van der Waals surface area contributed by atoms with Crippen LogP contribution in [0.4, 0.5) is 13.2 Å². The Morgan fingerprint density at radius 1 is 1.48 bits per heavy atom. The molecule has 1 aliphatic rings. The van der Waals surface area contributed by atoms with Gasteiger partial charge in [0, 0.05) is 18.9 Å². The molecule has 2 aromatic rings. The number of amides is 1. The number of aromatic nitrogens is 3. The number of carbonyl (C=O) groups excluding carboxylic acids is 1. The van der Waals surface area contributed by atoms with Crippen LogP contribution in [0.15, 0.2) is 12.4 Å². The minimum atomic E-state index is -4.53. The molecule has 0 aromatic carbocycles. The van der Waals surface area contributed by atoms with E-state index in [1.54, 1.807) is 19.3 Å². The molecular weight excluding hydrogens is 337 g/mol. The molecule has 0 spiro atoms. The van der Waals surface area contributed by atoms with Gasteiger partial charge in [0.2, 0.25) is 0 Å². The summed E-state index contributed by atoms with van der Waals surface area (Å²) in [5.74, 6) is -0.671. The summed E-state index contributed by atoms with van der Waals surface area (Å²) in [5.41, 5.74) is 0.966. The maximum absolute atomic E-state index is 12.8. The Labute approximate surface area is 133 Å². The van der Waals surface area contributed by atoms with Crippen LogP contribution >= 0.6 is 11.6 Å². The monoisotopic (exact) mass is 348 g/mol. The first-order valence-electron chi connectivity index (χ1n) is 6.75. The summed E-state index contributed by atoms with van der Waals surface area (Å²) in [6.07, 6.45) is -3.34. The summed E-state index contributed by atoms with van der Waals surface area (Å²) in [7, 11) is 0. The van der Waals surface area contributed by atoms with E-state index in [4.69, 9.17) is 11.6 Å². The Kier molecular flexibility index (Phi) is 3.93. The number of ether oxygens (including phenoxy) is 1. The molecule has 1 amide bonds. The van der Waals surface area contributed by atoms with Gasteiger partial charge in [0.1, 0.15) is 5.02 Å². The lowest BCUT2D eigenvalue weighted by Crippen LogP contribution is -2.51. The van der Waals surface area contributed by atoms with Gasteiger partial charge in [-0.3, -0.25) is 4.79 Å². The number of carbonyl (C=O) groups is 1. The molecule has 10 heteroatoms. The number of nitrogens with zero attached hydrogens (tertiary/aromatic N) is 4. The highest BCUT2D eigenvalue weighted by Gasteiger charge is 2.44. The summed E-state index contributed by atoms with van der Waals surface area (Å²) in [6.45, 7) is 1.05. The van der Waals surface area contributed by atoms with Gasteiger partial charge >= 0.3 is 6.18 Å². The van der Waals surface area contributed by atoms with Crippen LogP contribution in [0, 0.1) is 6.92 Å². The molecule has 3 heterocycles. The van der Waals surface area contributed by atoms with Crippen molar-refractivity contribution in [3.8, 4) is 0 Å². The van der Waals surface area contributed by atoms with Gasteiger partial charge in [-0.2, -0.15) is 18.3 Å². The second-order valence-electron chi connectivity index (χ2n) is 5.21. The van der Waals surface area contributed by atoms with Crippen molar-refractivity contribution in [3.63, 3.8) is 0 Å². The lowest BCUT2D eigenvalue weighted by atomic mass is 10.2. The highest BCUT2D eigenvalue weighted by molar-refractivity contribution is 6.36. The fourth-order valence-corrected chi connectivity index (χ4v) is 2.57. The Morgan fingerprint density at radius 3 is 2.91 bits per heavy atom. The minimum Gasteiger partial charge on any atom is -0.365 e. The highest BCUT2D eigenvalue weighted by atomic mass is 35.5. The topological polar surface area (TPSA) is 59.7 Å². The fraction of sp³-hybridized carbons (Fsp3) is 0.462. The molecule has 0 aliphatic carbocycles. The number of aryl methyl sites for hydroxylation is 1. The van der Waals surface area contributed by atoms with Gasteiger partial charge in [-0.15, -0.1) is 0 Å². The number of morpholine rings is 1. The number of rotatable bonds is 1. The zero-order chi connectivity index (χ0) is 16.8. The van der Waals surface area contributed by atoms with Crippen molar-refractivity contribution in [2.24, 2.45) is 0 Å². The van der Waals surface area contributed by atoms with E-state index in [-0.39, 0.29) is 29.5 Å². The average Bonchev–Trinajstić information content (AvgIpc) is 2.82. The van der Waals surface area contributed by atoms with Crippen molar-refractivity contribution in [1.29, 1.82) is 0 Å². The van der Waals surface area contributed by atoms with Crippen LogP contribution in [-0.2, 0) is 4.74 Å². The first-order chi connectivity index (χ1) is 10.8. The van der Waals surface area contributed by atoms with Crippen molar-refractivity contribution < 1.29 is 22.7 Å². The van der Waals surface area contributed by atoms with Crippen molar-refractivity contribution >= 4 is 23.2 Å². The molecule has 0 N–H and O–H groups in total. The molecule has 3 rings (SSSR count). The van der Waals surface area contributed by atoms with Gasteiger partial charge in [0.25, 0.3) is 5.91 Å². The van der Waals surface area contributed by atoms with Gasteiger partial charge in [-0.1, -0.05) is 11.6 Å². The summed E-state index contributed by atoms with van der Waals surface area (Å²) in [4.78, 5) is 17.6. The van der Waals surface area contributed by atoms with Crippen molar-refractivity contribution in [2.45, 2.75) is 19.2 Å². The molecule has 0 radical (unpaired) electrons. The first-order valence-corrected chi connectivity index (χ1v) is 7.13. The molecule has 1 aliphatic heterocycles. The van der Waals surface area contributed by atoms with Gasteiger partial charge in [0.15, 0.2) is 17.4 Å². The largest absolute Gasteiger partial charge is 0.416 e. The lowest BCUT2D eigenvalue weighted by Gasteiger charge is -2.33. The van der Waals surface area contributed by atoms with Crippen molar-refractivity contribution in [1.82, 2.24) is 19.5 Å². The third-order valence-corrected chi connectivity index (χ3v) is 3.81. The quantitative estimate of drug-likeness (QED) is 0.792. The Bertz CT molecular complexity index is 761. The van der Waals surface area contributed by atoms with Crippen LogP contribution in [0.2, 0.25) is 5.02 Å². The van der Waals surface area contributed by atoms with Crippen molar-refractivity contribution in [2.75, 3.05) is 19.7 Å². The average molecular weight is 349 g/mol. The fourth-order valence-electron chi connectivity index (χ4n) is 2.32. The maximum atomic E-state index is 12.8. The normalized spacial score (nSPS) is 19.3. The number of halogens is 4. The summed E-state index contributed by atoms with van der Waals surface area (Å²) in [6, 6.07) is 0. The third-order valence-electron chi connectivity index (χ3n) is 3.47. The molecule has 23 heavy (non-hydrogen) atoms. The predicted octanol–water partition coefficient (Wildman–Crippen LogP) is 2.09. The second-order valence-corrected chi connectivity index (χ2v) is 5.59. The minimum absolute atomic E-state index is 0.0186. The maximum Gasteiger partial charge on any atom is 0.416 e. The Morgan fingerprint density at radius 2 is 2.22 bits per heavy atom. The number of hydrogen-bond donors (Lipinski definition) is 0. The summed E-state index contributed by atoms with van der Waals surface area (Å²) in [5, 5.41) is 4.06. The summed E-state index contributed by atoms with van der Waals surface area (Å²) >= 11 is 6.10.